The fourth-order valence-electron chi connectivity index (χ4n) is 1.81. The van der Waals surface area contributed by atoms with Crippen molar-refractivity contribution in [2.45, 2.75) is 19.3 Å². The van der Waals surface area contributed by atoms with Gasteiger partial charge in [-0.2, -0.15) is 0 Å². The lowest BCUT2D eigenvalue weighted by Crippen LogP contribution is -1.97. The predicted molar refractivity (Wildman–Crippen MR) is 76.7 cm³/mol. The number of nitrogens with zero attached hydrogens (tertiary/aromatic N) is 1. The number of pyridine rings is 1. The van der Waals surface area contributed by atoms with E-state index in [1.807, 2.05) is 42.6 Å². The van der Waals surface area contributed by atoms with Gasteiger partial charge in [-0.1, -0.05) is 30.3 Å². The second kappa shape index (κ2) is 7.54. The third kappa shape index (κ3) is 5.10. The summed E-state index contributed by atoms with van der Waals surface area (Å²) in [6, 6.07) is 12.1. The summed E-state index contributed by atoms with van der Waals surface area (Å²) in [5.41, 5.74) is 3.45. The molecule has 0 atom stereocenters. The van der Waals surface area contributed by atoms with E-state index in [1.54, 1.807) is 6.20 Å². The lowest BCUT2D eigenvalue weighted by molar-refractivity contribution is -0.136. The van der Waals surface area contributed by atoms with Gasteiger partial charge >= 0.3 is 5.97 Å². The number of carboxylic acid groups (broad SMARTS) is 1. The molecule has 1 aromatic carbocycles. The molecular weight excluding hydrogens is 262 g/mol. The molecule has 2 rings (SSSR count). The number of aryl methyl sites for hydroxylation is 1. The van der Waals surface area contributed by atoms with E-state index in [2.05, 4.69) is 4.98 Å². The van der Waals surface area contributed by atoms with Gasteiger partial charge in [0.05, 0.1) is 0 Å². The van der Waals surface area contributed by atoms with Crippen molar-refractivity contribution >= 4 is 18.4 Å². The van der Waals surface area contributed by atoms with Crippen molar-refractivity contribution in [3.05, 3.63) is 65.5 Å². The van der Waals surface area contributed by atoms with Gasteiger partial charge in [-0.05, 0) is 35.6 Å². The Morgan fingerprint density at radius 3 is 2.32 bits per heavy atom. The summed E-state index contributed by atoms with van der Waals surface area (Å²) in [5, 5.41) is 8.62. The molecule has 0 radical (unpaired) electrons. The van der Waals surface area contributed by atoms with E-state index < -0.39 is 5.97 Å². The van der Waals surface area contributed by atoms with Crippen LogP contribution >= 0.6 is 12.4 Å². The molecular formula is C15H16ClNO2. The molecule has 1 aromatic heterocycles. The molecule has 0 saturated heterocycles. The van der Waals surface area contributed by atoms with Crippen LogP contribution in [0.2, 0.25) is 0 Å². The van der Waals surface area contributed by atoms with Gasteiger partial charge < -0.3 is 5.11 Å². The van der Waals surface area contributed by atoms with Crippen LogP contribution in [-0.4, -0.2) is 16.1 Å². The SMILES string of the molecule is Cl.O=C(O)CCc1ccc(Cc2cccnc2)cc1. The number of benzene rings is 1. The van der Waals surface area contributed by atoms with Crippen LogP contribution < -0.4 is 0 Å². The molecule has 0 aliphatic rings. The summed E-state index contributed by atoms with van der Waals surface area (Å²) >= 11 is 0. The van der Waals surface area contributed by atoms with Gasteiger partial charge in [-0.3, -0.25) is 9.78 Å². The maximum atomic E-state index is 10.5. The lowest BCUT2D eigenvalue weighted by atomic mass is 10.0. The van der Waals surface area contributed by atoms with Gasteiger partial charge in [0.15, 0.2) is 0 Å². The average molecular weight is 278 g/mol. The Balaban J connectivity index is 0.00000180. The van der Waals surface area contributed by atoms with Gasteiger partial charge in [0.2, 0.25) is 0 Å². The quantitative estimate of drug-likeness (QED) is 0.913. The molecule has 0 aliphatic heterocycles. The zero-order valence-electron chi connectivity index (χ0n) is 10.5. The van der Waals surface area contributed by atoms with Crippen molar-refractivity contribution in [3.63, 3.8) is 0 Å². The minimum Gasteiger partial charge on any atom is -0.481 e. The van der Waals surface area contributed by atoms with Gasteiger partial charge in [-0.25, -0.2) is 0 Å². The number of carboxylic acids is 1. The summed E-state index contributed by atoms with van der Waals surface area (Å²) in [7, 11) is 0. The highest BCUT2D eigenvalue weighted by molar-refractivity contribution is 5.85. The number of hydrogen-bond donors (Lipinski definition) is 1. The van der Waals surface area contributed by atoms with Crippen LogP contribution in [0.1, 0.15) is 23.1 Å². The third-order valence-electron chi connectivity index (χ3n) is 2.78. The van der Waals surface area contributed by atoms with Gasteiger partial charge in [0, 0.05) is 18.8 Å². The Hall–Kier alpha value is -1.87. The summed E-state index contributed by atoms with van der Waals surface area (Å²) in [4.78, 5) is 14.6. The second-order valence-electron chi connectivity index (χ2n) is 4.25. The van der Waals surface area contributed by atoms with Crippen LogP contribution in [0.5, 0.6) is 0 Å². The first-order valence-electron chi connectivity index (χ1n) is 5.92. The molecule has 1 heterocycles. The Morgan fingerprint density at radius 1 is 1.05 bits per heavy atom. The average Bonchev–Trinajstić information content (AvgIpc) is 2.39. The maximum Gasteiger partial charge on any atom is 0.303 e. The van der Waals surface area contributed by atoms with Crippen molar-refractivity contribution in [1.82, 2.24) is 4.98 Å². The largest absolute Gasteiger partial charge is 0.481 e. The predicted octanol–water partition coefficient (Wildman–Crippen LogP) is 3.11. The number of hydrogen-bond acceptors (Lipinski definition) is 2. The molecule has 0 spiro atoms. The number of carbonyl (C=O) groups is 1. The highest BCUT2D eigenvalue weighted by atomic mass is 35.5. The Morgan fingerprint density at radius 2 is 1.74 bits per heavy atom. The van der Waals surface area contributed by atoms with E-state index in [1.165, 1.54) is 11.1 Å². The molecule has 0 bridgehead atoms. The fraction of sp³-hybridized carbons (Fsp3) is 0.200. The van der Waals surface area contributed by atoms with Gasteiger partial charge in [0.1, 0.15) is 0 Å². The summed E-state index contributed by atoms with van der Waals surface area (Å²) in [5.74, 6) is -0.755. The molecule has 0 aliphatic carbocycles. The third-order valence-corrected chi connectivity index (χ3v) is 2.78. The van der Waals surface area contributed by atoms with Crippen LogP contribution in [0, 0.1) is 0 Å². The Kier molecular flexibility index (Phi) is 6.03. The maximum absolute atomic E-state index is 10.5. The van der Waals surface area contributed by atoms with Crippen LogP contribution in [0.25, 0.3) is 0 Å². The standard InChI is InChI=1S/C15H15NO2.ClH/c17-15(18)8-7-12-3-5-13(6-4-12)10-14-2-1-9-16-11-14;/h1-6,9,11H,7-8,10H2,(H,17,18);1H. The summed E-state index contributed by atoms with van der Waals surface area (Å²) < 4.78 is 0. The molecule has 19 heavy (non-hydrogen) atoms. The number of halogens is 1. The number of aliphatic carboxylic acids is 1. The van der Waals surface area contributed by atoms with Gasteiger partial charge in [0.25, 0.3) is 0 Å². The molecule has 100 valence electrons. The fourth-order valence-corrected chi connectivity index (χ4v) is 1.81. The van der Waals surface area contributed by atoms with Crippen LogP contribution in [0.4, 0.5) is 0 Å². The first kappa shape index (κ1) is 15.2. The van der Waals surface area contributed by atoms with Crippen molar-refractivity contribution in [1.29, 1.82) is 0 Å². The normalized spacial score (nSPS) is 9.68. The van der Waals surface area contributed by atoms with Crippen LogP contribution in [-0.2, 0) is 17.6 Å². The second-order valence-corrected chi connectivity index (χ2v) is 4.25. The molecule has 3 nitrogen and oxygen atoms in total. The molecule has 0 amide bonds. The zero-order valence-corrected chi connectivity index (χ0v) is 11.3. The summed E-state index contributed by atoms with van der Waals surface area (Å²) in [6.45, 7) is 0. The molecule has 0 saturated carbocycles. The Labute approximate surface area is 118 Å². The monoisotopic (exact) mass is 277 g/mol. The zero-order chi connectivity index (χ0) is 12.8. The van der Waals surface area contributed by atoms with E-state index in [0.29, 0.717) is 6.42 Å². The van der Waals surface area contributed by atoms with Crippen LogP contribution in [0.15, 0.2) is 48.8 Å². The molecule has 4 heteroatoms. The van der Waals surface area contributed by atoms with Crippen molar-refractivity contribution < 1.29 is 9.90 Å². The number of rotatable bonds is 5. The summed E-state index contributed by atoms with van der Waals surface area (Å²) in [6.07, 6.45) is 5.24. The van der Waals surface area contributed by atoms with E-state index in [9.17, 15) is 4.79 Å². The highest BCUT2D eigenvalue weighted by Gasteiger charge is 2.00. The highest BCUT2D eigenvalue weighted by Crippen LogP contribution is 2.11. The first-order chi connectivity index (χ1) is 8.74. The molecule has 1 N–H and O–H groups in total. The van der Waals surface area contributed by atoms with E-state index in [0.717, 1.165) is 12.0 Å². The van der Waals surface area contributed by atoms with E-state index >= 15 is 0 Å². The van der Waals surface area contributed by atoms with Crippen LogP contribution in [0.3, 0.4) is 0 Å². The van der Waals surface area contributed by atoms with E-state index in [4.69, 9.17) is 5.11 Å². The number of aromatic nitrogens is 1. The lowest BCUT2D eigenvalue weighted by Gasteiger charge is -2.03. The van der Waals surface area contributed by atoms with Crippen molar-refractivity contribution in [2.24, 2.45) is 0 Å². The molecule has 0 fully saturated rings. The van der Waals surface area contributed by atoms with Gasteiger partial charge in [-0.15, -0.1) is 12.4 Å². The topological polar surface area (TPSA) is 50.2 Å². The molecule has 0 unspecified atom stereocenters. The molecule has 2 aromatic rings. The van der Waals surface area contributed by atoms with Crippen molar-refractivity contribution in [3.8, 4) is 0 Å². The minimum absolute atomic E-state index is 0. The Bertz CT molecular complexity index is 511. The minimum atomic E-state index is -0.755. The van der Waals surface area contributed by atoms with Crippen molar-refractivity contribution in [2.75, 3.05) is 0 Å². The smallest absolute Gasteiger partial charge is 0.303 e. The first-order valence-corrected chi connectivity index (χ1v) is 5.92. The van der Waals surface area contributed by atoms with E-state index in [-0.39, 0.29) is 18.8 Å².